The van der Waals surface area contributed by atoms with Crippen LogP contribution in [0.2, 0.25) is 0 Å². The van der Waals surface area contributed by atoms with Gasteiger partial charge >= 0.3 is 0 Å². The molecular weight excluding hydrogens is 216 g/mol. The first-order valence-electron chi connectivity index (χ1n) is 6.45. The molecule has 1 saturated carbocycles. The first-order valence-corrected chi connectivity index (χ1v) is 6.45. The summed E-state index contributed by atoms with van der Waals surface area (Å²) in [6, 6.07) is 2.43. The highest BCUT2D eigenvalue weighted by Gasteiger charge is 2.45. The van der Waals surface area contributed by atoms with Gasteiger partial charge in [-0.25, -0.2) is 0 Å². The Morgan fingerprint density at radius 3 is 2.71 bits per heavy atom. The summed E-state index contributed by atoms with van der Waals surface area (Å²) in [4.78, 5) is 0. The molecule has 98 valence electrons. The van der Waals surface area contributed by atoms with Gasteiger partial charge in [0.25, 0.3) is 0 Å². The molecule has 0 radical (unpaired) electrons. The molecule has 1 aliphatic carbocycles. The number of nitrogens with one attached hydrogen (secondary N) is 1. The van der Waals surface area contributed by atoms with Crippen molar-refractivity contribution in [2.45, 2.75) is 44.8 Å². The Morgan fingerprint density at radius 1 is 1.53 bits per heavy atom. The van der Waals surface area contributed by atoms with Gasteiger partial charge in [0.05, 0.1) is 25.4 Å². The summed E-state index contributed by atoms with van der Waals surface area (Å²) in [6.07, 6.45) is 3.33. The third-order valence-electron chi connectivity index (χ3n) is 3.16. The van der Waals surface area contributed by atoms with E-state index in [1.54, 1.807) is 7.11 Å². The van der Waals surface area contributed by atoms with E-state index in [0.29, 0.717) is 19.1 Å². The van der Waals surface area contributed by atoms with E-state index in [1.807, 2.05) is 6.92 Å². The molecule has 1 aliphatic rings. The molecule has 0 aliphatic heterocycles. The predicted molar refractivity (Wildman–Crippen MR) is 66.7 cm³/mol. The quantitative estimate of drug-likeness (QED) is 0.666. The van der Waals surface area contributed by atoms with Gasteiger partial charge in [-0.15, -0.1) is 0 Å². The van der Waals surface area contributed by atoms with E-state index in [4.69, 9.17) is 9.47 Å². The monoisotopic (exact) mass is 240 g/mol. The fourth-order valence-electron chi connectivity index (χ4n) is 1.96. The summed E-state index contributed by atoms with van der Waals surface area (Å²) in [5, 5.41) is 12.8. The summed E-state index contributed by atoms with van der Waals surface area (Å²) in [5.74, 6) is 0.453. The van der Waals surface area contributed by atoms with Gasteiger partial charge in [0.1, 0.15) is 5.54 Å². The molecule has 1 rings (SSSR count). The lowest BCUT2D eigenvalue weighted by Gasteiger charge is -2.29. The van der Waals surface area contributed by atoms with Crippen LogP contribution in [-0.4, -0.2) is 38.5 Å². The number of rotatable bonds is 9. The van der Waals surface area contributed by atoms with Crippen molar-refractivity contribution in [3.63, 3.8) is 0 Å². The van der Waals surface area contributed by atoms with Crippen molar-refractivity contribution in [2.75, 3.05) is 26.9 Å². The maximum Gasteiger partial charge on any atom is 0.133 e. The summed E-state index contributed by atoms with van der Waals surface area (Å²) in [7, 11) is 1.66. The lowest BCUT2D eigenvalue weighted by molar-refractivity contribution is -0.0138. The van der Waals surface area contributed by atoms with Crippen LogP contribution in [0.5, 0.6) is 0 Å². The SMILES string of the molecule is CCCNC(C#N)(COC(C)COC)C1CC1. The second kappa shape index (κ2) is 6.95. The molecule has 2 unspecified atom stereocenters. The maximum atomic E-state index is 9.43. The summed E-state index contributed by atoms with van der Waals surface area (Å²) >= 11 is 0. The van der Waals surface area contributed by atoms with Crippen molar-refractivity contribution < 1.29 is 9.47 Å². The molecule has 0 saturated heterocycles. The van der Waals surface area contributed by atoms with E-state index in [0.717, 1.165) is 25.8 Å². The third kappa shape index (κ3) is 4.27. The van der Waals surface area contributed by atoms with E-state index in [-0.39, 0.29) is 6.10 Å². The minimum Gasteiger partial charge on any atom is -0.382 e. The average Bonchev–Trinajstić information content (AvgIpc) is 3.15. The smallest absolute Gasteiger partial charge is 0.133 e. The normalized spacial score (nSPS) is 20.6. The van der Waals surface area contributed by atoms with Gasteiger partial charge in [-0.05, 0) is 38.6 Å². The molecule has 0 amide bonds. The minimum atomic E-state index is -0.488. The first kappa shape index (κ1) is 14.4. The number of hydrogen-bond donors (Lipinski definition) is 1. The Hall–Kier alpha value is -0.630. The zero-order chi connectivity index (χ0) is 12.7. The largest absolute Gasteiger partial charge is 0.382 e. The fourth-order valence-corrected chi connectivity index (χ4v) is 1.96. The minimum absolute atomic E-state index is 0.0369. The fraction of sp³-hybridized carbons (Fsp3) is 0.923. The van der Waals surface area contributed by atoms with Gasteiger partial charge in [0.2, 0.25) is 0 Å². The van der Waals surface area contributed by atoms with Gasteiger partial charge < -0.3 is 9.47 Å². The molecule has 1 fully saturated rings. The van der Waals surface area contributed by atoms with Crippen molar-refractivity contribution in [1.29, 1.82) is 5.26 Å². The zero-order valence-electron chi connectivity index (χ0n) is 11.2. The Balaban J connectivity index is 2.48. The van der Waals surface area contributed by atoms with Gasteiger partial charge in [0.15, 0.2) is 0 Å². The molecule has 0 bridgehead atoms. The van der Waals surface area contributed by atoms with Crippen LogP contribution in [-0.2, 0) is 9.47 Å². The maximum absolute atomic E-state index is 9.43. The molecule has 17 heavy (non-hydrogen) atoms. The highest BCUT2D eigenvalue weighted by atomic mass is 16.5. The predicted octanol–water partition coefficient (Wildman–Crippen LogP) is 1.71. The van der Waals surface area contributed by atoms with Gasteiger partial charge in [-0.2, -0.15) is 5.26 Å². The van der Waals surface area contributed by atoms with E-state index in [9.17, 15) is 5.26 Å². The van der Waals surface area contributed by atoms with Gasteiger partial charge in [0, 0.05) is 7.11 Å². The molecule has 0 spiro atoms. The van der Waals surface area contributed by atoms with Crippen LogP contribution in [0.1, 0.15) is 33.1 Å². The molecule has 4 heteroatoms. The summed E-state index contributed by atoms with van der Waals surface area (Å²) < 4.78 is 10.8. The van der Waals surface area contributed by atoms with E-state index in [2.05, 4.69) is 18.3 Å². The molecule has 0 aromatic rings. The van der Waals surface area contributed by atoms with Crippen molar-refractivity contribution in [2.24, 2.45) is 5.92 Å². The molecular formula is C13H24N2O2. The second-order valence-electron chi connectivity index (χ2n) is 4.86. The number of nitrogens with zero attached hydrogens (tertiary/aromatic N) is 1. The van der Waals surface area contributed by atoms with E-state index in [1.165, 1.54) is 0 Å². The van der Waals surface area contributed by atoms with Crippen LogP contribution in [0.25, 0.3) is 0 Å². The van der Waals surface area contributed by atoms with Gasteiger partial charge in [-0.3, -0.25) is 5.32 Å². The Kier molecular flexibility index (Phi) is 5.90. The highest BCUT2D eigenvalue weighted by molar-refractivity contribution is 5.15. The van der Waals surface area contributed by atoms with Crippen LogP contribution in [0, 0.1) is 17.2 Å². The highest BCUT2D eigenvalue weighted by Crippen LogP contribution is 2.39. The number of ether oxygens (including phenoxy) is 2. The van der Waals surface area contributed by atoms with E-state index >= 15 is 0 Å². The average molecular weight is 240 g/mol. The molecule has 0 aromatic carbocycles. The Labute approximate surface area is 104 Å². The van der Waals surface area contributed by atoms with Crippen LogP contribution in [0.4, 0.5) is 0 Å². The topological polar surface area (TPSA) is 54.3 Å². The summed E-state index contributed by atoms with van der Waals surface area (Å²) in [5.41, 5.74) is -0.488. The first-order chi connectivity index (χ1) is 8.18. The number of methoxy groups -OCH3 is 1. The Morgan fingerprint density at radius 2 is 2.24 bits per heavy atom. The molecule has 0 heterocycles. The lowest BCUT2D eigenvalue weighted by atomic mass is 9.96. The van der Waals surface area contributed by atoms with Crippen LogP contribution < -0.4 is 5.32 Å². The van der Waals surface area contributed by atoms with Crippen molar-refractivity contribution >= 4 is 0 Å². The molecule has 1 N–H and O–H groups in total. The van der Waals surface area contributed by atoms with Crippen molar-refractivity contribution in [1.82, 2.24) is 5.32 Å². The van der Waals surface area contributed by atoms with Crippen molar-refractivity contribution in [3.05, 3.63) is 0 Å². The summed E-state index contributed by atoms with van der Waals surface area (Å²) in [6.45, 7) is 5.97. The molecule has 4 nitrogen and oxygen atoms in total. The third-order valence-corrected chi connectivity index (χ3v) is 3.16. The Bertz CT molecular complexity index is 261. The van der Waals surface area contributed by atoms with Crippen LogP contribution >= 0.6 is 0 Å². The van der Waals surface area contributed by atoms with Crippen LogP contribution in [0.15, 0.2) is 0 Å². The molecule has 0 aromatic heterocycles. The van der Waals surface area contributed by atoms with Crippen LogP contribution in [0.3, 0.4) is 0 Å². The number of hydrogen-bond acceptors (Lipinski definition) is 4. The van der Waals surface area contributed by atoms with Gasteiger partial charge in [-0.1, -0.05) is 6.92 Å². The second-order valence-corrected chi connectivity index (χ2v) is 4.86. The standard InChI is InChI=1S/C13H24N2O2/c1-4-7-15-13(9-14,12-5-6-12)10-17-11(2)8-16-3/h11-12,15H,4-8,10H2,1-3H3. The lowest BCUT2D eigenvalue weighted by Crippen LogP contribution is -2.51. The number of nitriles is 1. The zero-order valence-corrected chi connectivity index (χ0v) is 11.2. The van der Waals surface area contributed by atoms with Crippen molar-refractivity contribution in [3.8, 4) is 6.07 Å². The molecule has 2 atom stereocenters. The van der Waals surface area contributed by atoms with E-state index < -0.39 is 5.54 Å².